The largest absolute Gasteiger partial charge is 0.355 e. The normalized spacial score (nSPS) is 11.8. The Bertz CT molecular complexity index is 716. The van der Waals surface area contributed by atoms with Gasteiger partial charge in [0, 0.05) is 19.2 Å². The van der Waals surface area contributed by atoms with E-state index in [2.05, 4.69) is 20.8 Å². The zero-order valence-electron chi connectivity index (χ0n) is 13.9. The van der Waals surface area contributed by atoms with Gasteiger partial charge in [-0.15, -0.1) is 10.2 Å². The highest BCUT2D eigenvalue weighted by Crippen LogP contribution is 2.25. The third-order valence-corrected chi connectivity index (χ3v) is 4.22. The van der Waals surface area contributed by atoms with E-state index in [1.54, 1.807) is 10.9 Å². The molecule has 0 spiro atoms. The van der Waals surface area contributed by atoms with Crippen molar-refractivity contribution in [2.45, 2.75) is 37.6 Å². The number of carbonyl (C=O) groups is 2. The Hall–Kier alpha value is -2.35. The number of aromatic nitrogens is 3. The summed E-state index contributed by atoms with van der Waals surface area (Å²) in [5.74, 6) is -0.157. The van der Waals surface area contributed by atoms with Gasteiger partial charge in [-0.3, -0.25) is 14.2 Å². The highest BCUT2D eigenvalue weighted by Gasteiger charge is 2.18. The van der Waals surface area contributed by atoms with E-state index in [0.717, 1.165) is 12.1 Å². The molecule has 128 valence electrons. The van der Waals surface area contributed by atoms with Gasteiger partial charge >= 0.3 is 0 Å². The number of hydrogen-bond donors (Lipinski definition) is 2. The molecule has 2 amide bonds. The Balaban J connectivity index is 2.15. The van der Waals surface area contributed by atoms with Crippen LogP contribution in [0.3, 0.4) is 0 Å². The minimum atomic E-state index is -0.280. The minimum absolute atomic E-state index is 0.0246. The van der Waals surface area contributed by atoms with E-state index in [1.807, 2.05) is 38.1 Å². The number of anilines is 1. The lowest BCUT2D eigenvalue weighted by Gasteiger charge is -2.12. The summed E-state index contributed by atoms with van der Waals surface area (Å²) < 4.78 is 1.79. The lowest BCUT2D eigenvalue weighted by atomic mass is 10.2. The number of benzene rings is 1. The molecule has 1 unspecified atom stereocenters. The van der Waals surface area contributed by atoms with Gasteiger partial charge in [-0.25, -0.2) is 0 Å². The molecule has 24 heavy (non-hydrogen) atoms. The lowest BCUT2D eigenvalue weighted by Crippen LogP contribution is -2.31. The summed E-state index contributed by atoms with van der Waals surface area (Å²) >= 11 is 1.34. The van der Waals surface area contributed by atoms with Gasteiger partial charge in [0.05, 0.1) is 10.9 Å². The van der Waals surface area contributed by atoms with Crippen LogP contribution in [0, 0.1) is 0 Å². The number of rotatable bonds is 7. The predicted molar refractivity (Wildman–Crippen MR) is 94.3 cm³/mol. The zero-order valence-corrected chi connectivity index (χ0v) is 14.8. The first-order valence-corrected chi connectivity index (χ1v) is 8.61. The van der Waals surface area contributed by atoms with E-state index in [1.165, 1.54) is 18.7 Å². The van der Waals surface area contributed by atoms with Crippen molar-refractivity contribution in [3.05, 3.63) is 30.6 Å². The molecule has 1 aromatic heterocycles. The molecule has 1 aromatic carbocycles. The van der Waals surface area contributed by atoms with Crippen LogP contribution in [-0.2, 0) is 9.59 Å². The second-order valence-corrected chi connectivity index (χ2v) is 6.57. The highest BCUT2D eigenvalue weighted by atomic mass is 32.2. The van der Waals surface area contributed by atoms with Crippen molar-refractivity contribution in [3.63, 3.8) is 0 Å². The van der Waals surface area contributed by atoms with E-state index in [4.69, 9.17) is 0 Å². The van der Waals surface area contributed by atoms with Gasteiger partial charge in [-0.05, 0) is 31.5 Å². The molecule has 0 radical (unpaired) electrons. The Morgan fingerprint density at radius 2 is 2.17 bits per heavy atom. The smallest absolute Gasteiger partial charge is 0.233 e. The van der Waals surface area contributed by atoms with Crippen molar-refractivity contribution in [2.75, 3.05) is 11.9 Å². The summed E-state index contributed by atoms with van der Waals surface area (Å²) in [4.78, 5) is 23.2. The zero-order chi connectivity index (χ0) is 17.5. The van der Waals surface area contributed by atoms with Crippen LogP contribution < -0.4 is 10.6 Å². The molecular formula is C16H21N5O2S. The predicted octanol–water partition coefficient (Wildman–Crippen LogP) is 2.23. The molecule has 0 saturated carbocycles. The third-order valence-electron chi connectivity index (χ3n) is 3.16. The summed E-state index contributed by atoms with van der Waals surface area (Å²) in [6.07, 6.45) is 2.49. The molecule has 0 aliphatic carbocycles. The summed E-state index contributed by atoms with van der Waals surface area (Å²) in [7, 11) is 0. The van der Waals surface area contributed by atoms with Crippen LogP contribution in [-0.4, -0.2) is 38.4 Å². The highest BCUT2D eigenvalue weighted by molar-refractivity contribution is 8.00. The topological polar surface area (TPSA) is 88.9 Å². The summed E-state index contributed by atoms with van der Waals surface area (Å²) in [6, 6.07) is 7.37. The summed E-state index contributed by atoms with van der Waals surface area (Å²) in [5.41, 5.74) is 1.51. The van der Waals surface area contributed by atoms with Crippen LogP contribution >= 0.6 is 11.8 Å². The molecule has 1 heterocycles. The first-order chi connectivity index (χ1) is 11.5. The van der Waals surface area contributed by atoms with Gasteiger partial charge in [0.15, 0.2) is 5.16 Å². The molecule has 0 fully saturated rings. The molecule has 7 nitrogen and oxygen atoms in total. The van der Waals surface area contributed by atoms with Crippen LogP contribution in [0.15, 0.2) is 35.7 Å². The fourth-order valence-electron chi connectivity index (χ4n) is 2.02. The molecule has 2 rings (SSSR count). The van der Waals surface area contributed by atoms with E-state index in [-0.39, 0.29) is 17.1 Å². The molecule has 2 N–H and O–H groups in total. The van der Waals surface area contributed by atoms with Crippen LogP contribution in [0.1, 0.15) is 27.2 Å². The van der Waals surface area contributed by atoms with Crippen molar-refractivity contribution in [1.29, 1.82) is 0 Å². The van der Waals surface area contributed by atoms with Gasteiger partial charge in [0.1, 0.15) is 6.33 Å². The molecule has 0 aliphatic rings. The molecule has 0 bridgehead atoms. The lowest BCUT2D eigenvalue weighted by molar-refractivity contribution is -0.120. The van der Waals surface area contributed by atoms with Crippen LogP contribution in [0.25, 0.3) is 5.69 Å². The Morgan fingerprint density at radius 3 is 2.88 bits per heavy atom. The quantitative estimate of drug-likeness (QED) is 0.750. The van der Waals surface area contributed by atoms with E-state index in [0.29, 0.717) is 17.4 Å². The van der Waals surface area contributed by atoms with Crippen molar-refractivity contribution in [3.8, 4) is 5.69 Å². The average molecular weight is 347 g/mol. The maximum atomic E-state index is 12.0. The standard InChI is InChI=1S/C16H21N5O2S/c1-4-8-17-15(23)11(2)24-16-20-18-10-21(16)14-7-5-6-13(9-14)19-12(3)22/h5-7,9-11H,4,8H2,1-3H3,(H,17,23)(H,19,22). The number of thioether (sulfide) groups is 1. The number of hydrogen-bond acceptors (Lipinski definition) is 5. The second kappa shape index (κ2) is 8.49. The molecule has 0 saturated heterocycles. The van der Waals surface area contributed by atoms with Crippen LogP contribution in [0.4, 0.5) is 5.69 Å². The van der Waals surface area contributed by atoms with Crippen molar-refractivity contribution in [2.24, 2.45) is 0 Å². The average Bonchev–Trinajstić information content (AvgIpc) is 3.00. The first-order valence-electron chi connectivity index (χ1n) is 7.73. The van der Waals surface area contributed by atoms with Gasteiger partial charge in [0.25, 0.3) is 0 Å². The SMILES string of the molecule is CCCNC(=O)C(C)Sc1nncn1-c1cccc(NC(C)=O)c1. The monoisotopic (exact) mass is 347 g/mol. The Labute approximate surface area is 145 Å². The fraction of sp³-hybridized carbons (Fsp3) is 0.375. The van der Waals surface area contributed by atoms with Crippen molar-refractivity contribution in [1.82, 2.24) is 20.1 Å². The molecule has 2 aromatic rings. The van der Waals surface area contributed by atoms with Gasteiger partial charge in [-0.1, -0.05) is 24.8 Å². The molecular weight excluding hydrogens is 326 g/mol. The minimum Gasteiger partial charge on any atom is -0.355 e. The van der Waals surface area contributed by atoms with E-state index >= 15 is 0 Å². The molecule has 8 heteroatoms. The van der Waals surface area contributed by atoms with E-state index in [9.17, 15) is 9.59 Å². The van der Waals surface area contributed by atoms with Gasteiger partial charge in [-0.2, -0.15) is 0 Å². The van der Waals surface area contributed by atoms with Crippen molar-refractivity contribution >= 4 is 29.3 Å². The summed E-state index contributed by atoms with van der Waals surface area (Å²) in [6.45, 7) is 5.97. The third kappa shape index (κ3) is 4.82. The maximum absolute atomic E-state index is 12.0. The molecule has 1 atom stereocenters. The molecule has 0 aliphatic heterocycles. The number of nitrogens with one attached hydrogen (secondary N) is 2. The number of nitrogens with zero attached hydrogens (tertiary/aromatic N) is 3. The van der Waals surface area contributed by atoms with Gasteiger partial charge in [0.2, 0.25) is 11.8 Å². The Kier molecular flexibility index (Phi) is 6.36. The van der Waals surface area contributed by atoms with Crippen LogP contribution in [0.2, 0.25) is 0 Å². The fourth-order valence-corrected chi connectivity index (χ4v) is 2.89. The number of amides is 2. The second-order valence-electron chi connectivity index (χ2n) is 5.27. The van der Waals surface area contributed by atoms with Crippen molar-refractivity contribution < 1.29 is 9.59 Å². The Morgan fingerprint density at radius 1 is 1.38 bits per heavy atom. The maximum Gasteiger partial charge on any atom is 0.233 e. The summed E-state index contributed by atoms with van der Waals surface area (Å²) in [5, 5.41) is 14.0. The van der Waals surface area contributed by atoms with Gasteiger partial charge < -0.3 is 10.6 Å². The first kappa shape index (κ1) is 18.0. The van der Waals surface area contributed by atoms with Crippen LogP contribution in [0.5, 0.6) is 0 Å². The number of carbonyl (C=O) groups excluding carboxylic acids is 2. The van der Waals surface area contributed by atoms with E-state index < -0.39 is 0 Å².